The van der Waals surface area contributed by atoms with Gasteiger partial charge in [-0.15, -0.1) is 0 Å². The van der Waals surface area contributed by atoms with Gasteiger partial charge in [0.1, 0.15) is 17.8 Å². The molecule has 0 aromatic carbocycles. The largest absolute Gasteiger partial charge is 0.299 e. The predicted molar refractivity (Wildman–Crippen MR) is 61.3 cm³/mol. The van der Waals surface area contributed by atoms with Gasteiger partial charge in [-0.3, -0.25) is 14.6 Å². The van der Waals surface area contributed by atoms with Crippen LogP contribution in [0.3, 0.4) is 0 Å². The number of pyridine rings is 1. The molecule has 5 nitrogen and oxygen atoms in total. The average molecular weight is 217 g/mol. The Kier molecular flexibility index (Phi) is 4.59. The van der Waals surface area contributed by atoms with Gasteiger partial charge in [-0.1, -0.05) is 6.07 Å². The fourth-order valence-corrected chi connectivity index (χ4v) is 1.00. The van der Waals surface area contributed by atoms with Crippen LogP contribution in [0.15, 0.2) is 41.6 Å². The van der Waals surface area contributed by atoms with Crippen molar-refractivity contribution in [3.05, 3.63) is 36.5 Å². The summed E-state index contributed by atoms with van der Waals surface area (Å²) in [6.45, 7) is 0. The zero-order valence-corrected chi connectivity index (χ0v) is 8.78. The lowest BCUT2D eigenvalue weighted by atomic mass is 10.4. The molecule has 1 aromatic heterocycles. The van der Waals surface area contributed by atoms with Crippen LogP contribution in [-0.2, 0) is 9.59 Å². The van der Waals surface area contributed by atoms with Crippen molar-refractivity contribution in [2.24, 2.45) is 5.10 Å². The summed E-state index contributed by atoms with van der Waals surface area (Å²) in [5.74, 6) is 0.612. The standard InChI is InChI=1S/C11H11N3O2/c1-14(11-6-2-3-7-12-11)13-10(9-16)5-4-8-15/h2-9H,1H3/b5-4-,13-10+. The molecule has 0 aliphatic rings. The molecule has 0 N–H and O–H groups in total. The summed E-state index contributed by atoms with van der Waals surface area (Å²) in [5, 5.41) is 5.43. The predicted octanol–water partition coefficient (Wildman–Crippen LogP) is 0.828. The van der Waals surface area contributed by atoms with Gasteiger partial charge in [0.25, 0.3) is 0 Å². The van der Waals surface area contributed by atoms with Crippen molar-refractivity contribution in [2.75, 3.05) is 12.1 Å². The highest BCUT2D eigenvalue weighted by Crippen LogP contribution is 2.06. The zero-order chi connectivity index (χ0) is 11.8. The van der Waals surface area contributed by atoms with Crippen molar-refractivity contribution in [3.8, 4) is 0 Å². The summed E-state index contributed by atoms with van der Waals surface area (Å²) in [4.78, 5) is 24.8. The van der Waals surface area contributed by atoms with Gasteiger partial charge in [-0.25, -0.2) is 4.98 Å². The van der Waals surface area contributed by atoms with Crippen molar-refractivity contribution in [1.29, 1.82) is 0 Å². The smallest absolute Gasteiger partial charge is 0.170 e. The molecule has 0 fully saturated rings. The van der Waals surface area contributed by atoms with Crippen molar-refractivity contribution in [3.63, 3.8) is 0 Å². The molecule has 0 saturated heterocycles. The summed E-state index contributed by atoms with van der Waals surface area (Å²) in [7, 11) is 1.67. The van der Waals surface area contributed by atoms with Crippen molar-refractivity contribution in [2.45, 2.75) is 0 Å². The van der Waals surface area contributed by atoms with Crippen LogP contribution >= 0.6 is 0 Å². The maximum atomic E-state index is 10.6. The van der Waals surface area contributed by atoms with Crippen LogP contribution in [0, 0.1) is 0 Å². The topological polar surface area (TPSA) is 62.6 Å². The number of allylic oxidation sites excluding steroid dienone is 2. The van der Waals surface area contributed by atoms with Crippen molar-refractivity contribution in [1.82, 2.24) is 4.98 Å². The lowest BCUT2D eigenvalue weighted by Gasteiger charge is -2.11. The summed E-state index contributed by atoms with van der Waals surface area (Å²) < 4.78 is 0. The van der Waals surface area contributed by atoms with E-state index >= 15 is 0 Å². The van der Waals surface area contributed by atoms with Crippen molar-refractivity contribution >= 4 is 24.1 Å². The number of hydrazone groups is 1. The molecule has 0 aliphatic carbocycles. The number of hydrogen-bond acceptors (Lipinski definition) is 5. The third kappa shape index (κ3) is 3.45. The fourth-order valence-electron chi connectivity index (χ4n) is 1.00. The van der Waals surface area contributed by atoms with Gasteiger partial charge < -0.3 is 0 Å². The van der Waals surface area contributed by atoms with Crippen LogP contribution < -0.4 is 5.01 Å². The first-order chi connectivity index (χ1) is 7.77. The third-order valence-corrected chi connectivity index (χ3v) is 1.71. The van der Waals surface area contributed by atoms with Crippen LogP contribution in [0.4, 0.5) is 5.82 Å². The fraction of sp³-hybridized carbons (Fsp3) is 0.0909. The van der Waals surface area contributed by atoms with Gasteiger partial charge in [0.05, 0.1) is 0 Å². The van der Waals surface area contributed by atoms with E-state index in [0.29, 0.717) is 18.4 Å². The first kappa shape index (κ1) is 11.8. The van der Waals surface area contributed by atoms with E-state index in [1.165, 1.54) is 17.2 Å². The molecule has 82 valence electrons. The monoisotopic (exact) mass is 217 g/mol. The Balaban J connectivity index is 2.85. The highest BCUT2D eigenvalue weighted by atomic mass is 16.1. The molecule has 5 heteroatoms. The maximum absolute atomic E-state index is 10.6. The second-order valence-electron chi connectivity index (χ2n) is 2.85. The Labute approximate surface area is 93.1 Å². The lowest BCUT2D eigenvalue weighted by Crippen LogP contribution is -2.13. The Morgan fingerprint density at radius 1 is 1.44 bits per heavy atom. The van der Waals surface area contributed by atoms with Crippen LogP contribution in [0.1, 0.15) is 0 Å². The third-order valence-electron chi connectivity index (χ3n) is 1.71. The van der Waals surface area contributed by atoms with Gasteiger partial charge in [0.15, 0.2) is 6.29 Å². The molecule has 0 saturated carbocycles. The normalized spacial score (nSPS) is 11.4. The Morgan fingerprint density at radius 2 is 2.25 bits per heavy atom. The number of aromatic nitrogens is 1. The number of rotatable bonds is 5. The second kappa shape index (κ2) is 6.23. The summed E-state index contributed by atoms with van der Waals surface area (Å²) >= 11 is 0. The van der Waals surface area contributed by atoms with Crippen LogP contribution in [0.5, 0.6) is 0 Å². The van der Waals surface area contributed by atoms with Gasteiger partial charge in [-0.05, 0) is 24.3 Å². The van der Waals surface area contributed by atoms with Gasteiger partial charge >= 0.3 is 0 Å². The molecule has 0 amide bonds. The second-order valence-corrected chi connectivity index (χ2v) is 2.85. The molecule has 0 unspecified atom stereocenters. The molecule has 1 aromatic rings. The van der Waals surface area contributed by atoms with Gasteiger partial charge in [0, 0.05) is 13.2 Å². The van der Waals surface area contributed by atoms with E-state index in [9.17, 15) is 9.59 Å². The van der Waals surface area contributed by atoms with E-state index < -0.39 is 0 Å². The first-order valence-corrected chi connectivity index (χ1v) is 4.58. The molecule has 0 atom stereocenters. The summed E-state index contributed by atoms with van der Waals surface area (Å²) in [5.41, 5.74) is 0.153. The highest BCUT2D eigenvalue weighted by Gasteiger charge is 1.99. The molecule has 0 radical (unpaired) electrons. The Morgan fingerprint density at radius 3 is 2.81 bits per heavy atom. The molecular formula is C11H11N3O2. The van der Waals surface area contributed by atoms with E-state index in [2.05, 4.69) is 10.1 Å². The van der Waals surface area contributed by atoms with E-state index in [4.69, 9.17) is 0 Å². The van der Waals surface area contributed by atoms with Crippen molar-refractivity contribution < 1.29 is 9.59 Å². The van der Waals surface area contributed by atoms with E-state index in [0.717, 1.165) is 0 Å². The zero-order valence-electron chi connectivity index (χ0n) is 8.78. The summed E-state index contributed by atoms with van der Waals surface area (Å²) in [6.07, 6.45) is 5.32. The molecule has 0 aliphatic heterocycles. The molecule has 16 heavy (non-hydrogen) atoms. The van der Waals surface area contributed by atoms with Gasteiger partial charge in [-0.2, -0.15) is 5.10 Å². The Bertz CT molecular complexity index is 412. The van der Waals surface area contributed by atoms with Gasteiger partial charge in [0.2, 0.25) is 0 Å². The quantitative estimate of drug-likeness (QED) is 0.317. The van der Waals surface area contributed by atoms with E-state index in [1.54, 1.807) is 25.4 Å². The number of anilines is 1. The minimum absolute atomic E-state index is 0.153. The minimum atomic E-state index is 0.153. The highest BCUT2D eigenvalue weighted by molar-refractivity contribution is 6.34. The molecular weight excluding hydrogens is 206 g/mol. The summed E-state index contributed by atoms with van der Waals surface area (Å²) in [6, 6.07) is 5.36. The first-order valence-electron chi connectivity index (χ1n) is 4.58. The molecule has 0 bridgehead atoms. The molecule has 1 rings (SSSR count). The lowest BCUT2D eigenvalue weighted by molar-refractivity contribution is -0.104. The minimum Gasteiger partial charge on any atom is -0.299 e. The van der Waals surface area contributed by atoms with E-state index in [1.807, 2.05) is 6.07 Å². The number of aldehydes is 2. The Hall–Kier alpha value is -2.30. The van der Waals surface area contributed by atoms with Crippen LogP contribution in [-0.4, -0.2) is 30.3 Å². The maximum Gasteiger partial charge on any atom is 0.170 e. The number of nitrogens with zero attached hydrogens (tertiary/aromatic N) is 3. The molecule has 1 heterocycles. The number of carbonyl (C=O) groups excluding carboxylic acids is 2. The number of carbonyl (C=O) groups is 2. The van der Waals surface area contributed by atoms with E-state index in [-0.39, 0.29) is 5.71 Å². The van der Waals surface area contributed by atoms with Crippen LogP contribution in [0.25, 0.3) is 0 Å². The molecule has 0 spiro atoms. The SMILES string of the molecule is CN(/N=C(C=O)\C=C/C=O)c1ccccn1. The van der Waals surface area contributed by atoms with Crippen LogP contribution in [0.2, 0.25) is 0 Å². The number of hydrogen-bond donors (Lipinski definition) is 0. The average Bonchev–Trinajstić information content (AvgIpc) is 2.35.